The first-order chi connectivity index (χ1) is 7.68. The Hall–Kier alpha value is -0.910. The first-order valence-electron chi connectivity index (χ1n) is 5.46. The van der Waals surface area contributed by atoms with Gasteiger partial charge in [0.25, 0.3) is 0 Å². The molecule has 4 nitrogen and oxygen atoms in total. The van der Waals surface area contributed by atoms with Gasteiger partial charge in [-0.15, -0.1) is 0 Å². The van der Waals surface area contributed by atoms with Crippen LogP contribution in [0.1, 0.15) is 15.3 Å². The van der Waals surface area contributed by atoms with Crippen molar-refractivity contribution in [2.24, 2.45) is 0 Å². The van der Waals surface area contributed by atoms with Crippen molar-refractivity contribution in [2.45, 2.75) is 24.8 Å². The molecular weight excluding hydrogens is 224 g/mol. The summed E-state index contributed by atoms with van der Waals surface area (Å²) >= 11 is 0. The Labute approximate surface area is 98.6 Å². The van der Waals surface area contributed by atoms with Crippen molar-refractivity contribution < 1.29 is 9.84 Å². The van der Waals surface area contributed by atoms with E-state index in [4.69, 9.17) is 0 Å². The SMILES string of the molecule is CC.O=S(=O)(NC1CNC1)c1ccccc1.[HH]. The van der Waals surface area contributed by atoms with Crippen LogP contribution in [0, 0.1) is 0 Å². The van der Waals surface area contributed by atoms with Crippen LogP contribution >= 0.6 is 0 Å². The number of hydrogen-bond donors (Lipinski definition) is 2. The smallest absolute Gasteiger partial charge is 0.240 e. The van der Waals surface area contributed by atoms with Gasteiger partial charge in [0.2, 0.25) is 10.0 Å². The van der Waals surface area contributed by atoms with Gasteiger partial charge in [-0.05, 0) is 12.1 Å². The molecule has 0 spiro atoms. The van der Waals surface area contributed by atoms with Gasteiger partial charge in [-0.1, -0.05) is 32.0 Å². The lowest BCUT2D eigenvalue weighted by molar-refractivity contribution is 0.410. The number of benzene rings is 1. The molecule has 1 aromatic rings. The second kappa shape index (κ2) is 5.98. The molecule has 1 heterocycles. The van der Waals surface area contributed by atoms with Crippen molar-refractivity contribution in [1.29, 1.82) is 0 Å². The third-order valence-electron chi connectivity index (χ3n) is 2.16. The highest BCUT2D eigenvalue weighted by Crippen LogP contribution is 2.08. The zero-order chi connectivity index (χ0) is 12.0. The van der Waals surface area contributed by atoms with Crippen LogP contribution in [0.2, 0.25) is 0 Å². The molecule has 0 unspecified atom stereocenters. The predicted molar refractivity (Wildman–Crippen MR) is 66.9 cm³/mol. The molecule has 0 aromatic heterocycles. The molecule has 1 aliphatic rings. The van der Waals surface area contributed by atoms with Crippen LogP contribution in [0.25, 0.3) is 0 Å². The monoisotopic (exact) mass is 244 g/mol. The van der Waals surface area contributed by atoms with Crippen LogP contribution in [0.15, 0.2) is 35.2 Å². The van der Waals surface area contributed by atoms with Crippen molar-refractivity contribution in [3.63, 3.8) is 0 Å². The highest BCUT2D eigenvalue weighted by Gasteiger charge is 2.23. The molecule has 2 rings (SSSR count). The van der Waals surface area contributed by atoms with Crippen LogP contribution in [-0.2, 0) is 10.0 Å². The van der Waals surface area contributed by atoms with E-state index >= 15 is 0 Å². The molecular formula is C11H20N2O2S. The summed E-state index contributed by atoms with van der Waals surface area (Å²) in [4.78, 5) is 0.326. The van der Waals surface area contributed by atoms with Gasteiger partial charge in [0.05, 0.1) is 4.90 Å². The van der Waals surface area contributed by atoms with Crippen molar-refractivity contribution in [3.05, 3.63) is 30.3 Å². The van der Waals surface area contributed by atoms with E-state index in [1.165, 1.54) is 0 Å². The first kappa shape index (κ1) is 13.2. The fourth-order valence-corrected chi connectivity index (χ4v) is 2.52. The van der Waals surface area contributed by atoms with Crippen LogP contribution in [0.3, 0.4) is 0 Å². The number of nitrogens with one attached hydrogen (secondary N) is 2. The van der Waals surface area contributed by atoms with Gasteiger partial charge < -0.3 is 5.32 Å². The average Bonchev–Trinajstić information content (AvgIpc) is 2.28. The van der Waals surface area contributed by atoms with E-state index < -0.39 is 10.0 Å². The van der Waals surface area contributed by atoms with Crippen LogP contribution in [0.4, 0.5) is 0 Å². The summed E-state index contributed by atoms with van der Waals surface area (Å²) in [6.45, 7) is 5.43. The van der Waals surface area contributed by atoms with Gasteiger partial charge in [-0.3, -0.25) is 0 Å². The quantitative estimate of drug-likeness (QED) is 0.840. The number of hydrogen-bond acceptors (Lipinski definition) is 3. The molecule has 1 saturated heterocycles. The largest absolute Gasteiger partial charge is 0.313 e. The maximum Gasteiger partial charge on any atom is 0.240 e. The van der Waals surface area contributed by atoms with E-state index in [9.17, 15) is 8.42 Å². The third-order valence-corrected chi connectivity index (χ3v) is 3.69. The van der Waals surface area contributed by atoms with E-state index in [-0.39, 0.29) is 7.47 Å². The molecule has 1 fully saturated rings. The molecule has 0 radical (unpaired) electrons. The highest BCUT2D eigenvalue weighted by atomic mass is 32.2. The van der Waals surface area contributed by atoms with Gasteiger partial charge in [0.1, 0.15) is 0 Å². The van der Waals surface area contributed by atoms with Crippen molar-refractivity contribution in [1.82, 2.24) is 10.0 Å². The van der Waals surface area contributed by atoms with E-state index in [0.717, 1.165) is 0 Å². The summed E-state index contributed by atoms with van der Waals surface area (Å²) in [6.07, 6.45) is 0. The van der Waals surface area contributed by atoms with Gasteiger partial charge in [-0.25, -0.2) is 13.1 Å². The molecule has 0 aliphatic carbocycles. The molecule has 0 amide bonds. The minimum Gasteiger partial charge on any atom is -0.313 e. The van der Waals surface area contributed by atoms with Gasteiger partial charge in [-0.2, -0.15) is 0 Å². The minimum atomic E-state index is -3.31. The fraction of sp³-hybridized carbons (Fsp3) is 0.455. The average molecular weight is 244 g/mol. The Balaban J connectivity index is 0.000000811. The zero-order valence-corrected chi connectivity index (χ0v) is 10.4. The lowest BCUT2D eigenvalue weighted by Crippen LogP contribution is -2.56. The molecule has 16 heavy (non-hydrogen) atoms. The second-order valence-corrected chi connectivity index (χ2v) is 5.00. The summed E-state index contributed by atoms with van der Waals surface area (Å²) in [5, 5.41) is 3.01. The zero-order valence-electron chi connectivity index (χ0n) is 9.60. The van der Waals surface area contributed by atoms with Crippen LogP contribution in [0.5, 0.6) is 0 Å². The standard InChI is InChI=1S/C9H12N2O2S.C2H6.H2/c12-14(13,11-8-6-10-7-8)9-4-2-1-3-5-9;1-2;/h1-5,8,10-11H,6-7H2;1-2H3;1H. The first-order valence-corrected chi connectivity index (χ1v) is 6.95. The summed E-state index contributed by atoms with van der Waals surface area (Å²) < 4.78 is 26.0. The molecule has 0 atom stereocenters. The van der Waals surface area contributed by atoms with E-state index in [0.29, 0.717) is 18.0 Å². The van der Waals surface area contributed by atoms with Crippen LogP contribution < -0.4 is 10.0 Å². The Kier molecular flexibility index (Phi) is 4.92. The lowest BCUT2D eigenvalue weighted by Gasteiger charge is -2.27. The molecule has 1 aromatic carbocycles. The molecule has 2 N–H and O–H groups in total. The van der Waals surface area contributed by atoms with Gasteiger partial charge >= 0.3 is 0 Å². The van der Waals surface area contributed by atoms with Crippen molar-refractivity contribution in [2.75, 3.05) is 13.1 Å². The summed E-state index contributed by atoms with van der Waals surface area (Å²) in [5.74, 6) is 0. The fourth-order valence-electron chi connectivity index (χ4n) is 1.26. The molecule has 1 aliphatic heterocycles. The predicted octanol–water partition coefficient (Wildman–Crippen LogP) is 1.21. The normalized spacial score (nSPS) is 15.9. The van der Waals surface area contributed by atoms with Gasteiger partial charge in [0.15, 0.2) is 0 Å². The Morgan fingerprint density at radius 3 is 2.25 bits per heavy atom. The Morgan fingerprint density at radius 2 is 1.81 bits per heavy atom. The third kappa shape index (κ3) is 3.30. The lowest BCUT2D eigenvalue weighted by atomic mass is 10.2. The molecule has 92 valence electrons. The number of sulfonamides is 1. The maximum atomic E-state index is 11.7. The van der Waals surface area contributed by atoms with Crippen LogP contribution in [-0.4, -0.2) is 27.5 Å². The molecule has 0 saturated carbocycles. The van der Waals surface area contributed by atoms with Gasteiger partial charge in [0, 0.05) is 20.6 Å². The maximum absolute atomic E-state index is 11.7. The topological polar surface area (TPSA) is 58.2 Å². The minimum absolute atomic E-state index is 0. The summed E-state index contributed by atoms with van der Waals surface area (Å²) in [5.41, 5.74) is 0. The molecule has 0 bridgehead atoms. The Bertz CT molecular complexity index is 405. The van der Waals surface area contributed by atoms with E-state index in [1.54, 1.807) is 30.3 Å². The van der Waals surface area contributed by atoms with E-state index in [2.05, 4.69) is 10.0 Å². The van der Waals surface area contributed by atoms with Crippen molar-refractivity contribution >= 4 is 10.0 Å². The number of rotatable bonds is 3. The van der Waals surface area contributed by atoms with E-state index in [1.807, 2.05) is 13.8 Å². The second-order valence-electron chi connectivity index (χ2n) is 3.29. The van der Waals surface area contributed by atoms with Crippen molar-refractivity contribution in [3.8, 4) is 0 Å². The summed E-state index contributed by atoms with van der Waals surface area (Å²) in [6, 6.07) is 8.45. The summed E-state index contributed by atoms with van der Waals surface area (Å²) in [7, 11) is -3.31. The Morgan fingerprint density at radius 1 is 1.25 bits per heavy atom. The highest BCUT2D eigenvalue weighted by molar-refractivity contribution is 7.89. The molecule has 5 heteroatoms.